The van der Waals surface area contributed by atoms with Crippen molar-refractivity contribution in [3.8, 4) is 17.2 Å². The number of hydrazone groups is 1. The molecule has 0 atom stereocenters. The number of carbonyl (C=O) groups is 1. The third kappa shape index (κ3) is 7.06. The molecule has 0 heterocycles. The second-order valence-electron chi connectivity index (χ2n) is 7.75. The summed E-state index contributed by atoms with van der Waals surface area (Å²) in [5.41, 5.74) is 4.57. The van der Waals surface area contributed by atoms with Gasteiger partial charge < -0.3 is 14.2 Å². The normalized spacial score (nSPS) is 11.4. The lowest BCUT2D eigenvalue weighted by atomic mass is 9.87. The van der Waals surface area contributed by atoms with Crippen LogP contribution in [0.3, 0.4) is 0 Å². The van der Waals surface area contributed by atoms with Crippen LogP contribution in [0.4, 0.5) is 0 Å². The van der Waals surface area contributed by atoms with Crippen LogP contribution in [0.15, 0.2) is 46.0 Å². The van der Waals surface area contributed by atoms with Crippen molar-refractivity contribution in [2.45, 2.75) is 39.0 Å². The first-order chi connectivity index (χ1) is 14.2. The molecule has 162 valence electrons. The molecule has 2 aromatic carbocycles. The minimum Gasteiger partial charge on any atom is -0.497 e. The van der Waals surface area contributed by atoms with E-state index in [1.807, 2.05) is 12.1 Å². The average molecular weight is 477 g/mol. The molecule has 0 aromatic heterocycles. The van der Waals surface area contributed by atoms with Crippen molar-refractivity contribution in [1.82, 2.24) is 5.43 Å². The monoisotopic (exact) mass is 476 g/mol. The Hall–Kier alpha value is -2.54. The molecule has 0 spiro atoms. The van der Waals surface area contributed by atoms with Crippen molar-refractivity contribution in [3.63, 3.8) is 0 Å². The molecule has 1 amide bonds. The molecule has 0 saturated heterocycles. The van der Waals surface area contributed by atoms with Gasteiger partial charge in [0.2, 0.25) is 5.91 Å². The maximum atomic E-state index is 12.0. The maximum Gasteiger partial charge on any atom is 0.240 e. The molecule has 1 N–H and O–H groups in total. The summed E-state index contributed by atoms with van der Waals surface area (Å²) < 4.78 is 17.2. The number of hydrogen-bond acceptors (Lipinski definition) is 5. The van der Waals surface area contributed by atoms with E-state index in [9.17, 15) is 4.79 Å². The van der Waals surface area contributed by atoms with E-state index in [4.69, 9.17) is 14.2 Å². The number of halogens is 1. The number of amides is 1. The Balaban J connectivity index is 1.77. The molecule has 2 rings (SSSR count). The van der Waals surface area contributed by atoms with E-state index in [2.05, 4.69) is 59.4 Å². The van der Waals surface area contributed by atoms with Crippen molar-refractivity contribution < 1.29 is 19.0 Å². The predicted octanol–water partition coefficient (Wildman–Crippen LogP) is 5.07. The fourth-order valence-electron chi connectivity index (χ4n) is 2.65. The highest BCUT2D eigenvalue weighted by atomic mass is 79.9. The van der Waals surface area contributed by atoms with Crippen LogP contribution in [0.2, 0.25) is 0 Å². The molecule has 30 heavy (non-hydrogen) atoms. The first kappa shape index (κ1) is 23.7. The zero-order chi connectivity index (χ0) is 22.1. The van der Waals surface area contributed by atoms with Crippen LogP contribution in [0.1, 0.15) is 44.7 Å². The van der Waals surface area contributed by atoms with E-state index in [1.165, 1.54) is 5.56 Å². The van der Waals surface area contributed by atoms with Gasteiger partial charge in [-0.3, -0.25) is 4.79 Å². The van der Waals surface area contributed by atoms with E-state index >= 15 is 0 Å². The van der Waals surface area contributed by atoms with Crippen LogP contribution in [0.5, 0.6) is 17.2 Å². The molecule has 6 nitrogen and oxygen atoms in total. The van der Waals surface area contributed by atoms with Gasteiger partial charge in [-0.15, -0.1) is 0 Å². The van der Waals surface area contributed by atoms with Gasteiger partial charge in [0.15, 0.2) is 0 Å². The number of ether oxygens (including phenoxy) is 3. The molecule has 0 radical (unpaired) electrons. The predicted molar refractivity (Wildman–Crippen MR) is 123 cm³/mol. The lowest BCUT2D eigenvalue weighted by Gasteiger charge is -2.20. The van der Waals surface area contributed by atoms with E-state index in [0.29, 0.717) is 30.9 Å². The summed E-state index contributed by atoms with van der Waals surface area (Å²) in [6.45, 7) is 6.94. The smallest absolute Gasteiger partial charge is 0.240 e. The lowest BCUT2D eigenvalue weighted by Crippen LogP contribution is -2.18. The fourth-order valence-corrected chi connectivity index (χ4v) is 3.15. The Kier molecular flexibility index (Phi) is 8.72. The molecule has 0 unspecified atom stereocenters. The van der Waals surface area contributed by atoms with Crippen molar-refractivity contribution in [2.75, 3.05) is 20.8 Å². The number of rotatable bonds is 9. The van der Waals surface area contributed by atoms with Crippen molar-refractivity contribution in [2.24, 2.45) is 5.10 Å². The summed E-state index contributed by atoms with van der Waals surface area (Å²) in [4.78, 5) is 12.0. The van der Waals surface area contributed by atoms with Gasteiger partial charge in [0.1, 0.15) is 17.2 Å². The summed E-state index contributed by atoms with van der Waals surface area (Å²) in [5, 5.41) is 4.00. The third-order valence-electron chi connectivity index (χ3n) is 4.44. The number of hydrogen-bond donors (Lipinski definition) is 1. The second kappa shape index (κ2) is 11.0. The summed E-state index contributed by atoms with van der Waals surface area (Å²) in [6.07, 6.45) is 2.44. The van der Waals surface area contributed by atoms with Crippen LogP contribution >= 0.6 is 15.9 Å². The molecule has 0 bridgehead atoms. The van der Waals surface area contributed by atoms with Crippen molar-refractivity contribution in [3.05, 3.63) is 52.0 Å². The molecule has 0 saturated carbocycles. The van der Waals surface area contributed by atoms with E-state index in [0.717, 1.165) is 15.8 Å². The quantitative estimate of drug-likeness (QED) is 0.311. The van der Waals surface area contributed by atoms with Gasteiger partial charge in [0.25, 0.3) is 0 Å². The summed E-state index contributed by atoms with van der Waals surface area (Å²) in [5.74, 6) is 1.90. The summed E-state index contributed by atoms with van der Waals surface area (Å²) in [6, 6.07) is 11.5. The maximum absolute atomic E-state index is 12.0. The van der Waals surface area contributed by atoms with Crippen LogP contribution in [-0.4, -0.2) is 32.9 Å². The zero-order valence-electron chi connectivity index (χ0n) is 18.1. The topological polar surface area (TPSA) is 69.2 Å². The van der Waals surface area contributed by atoms with Crippen molar-refractivity contribution in [1.29, 1.82) is 0 Å². The van der Waals surface area contributed by atoms with Gasteiger partial charge in [-0.25, -0.2) is 5.43 Å². The Bertz CT molecular complexity index is 891. The molecule has 0 aliphatic carbocycles. The van der Waals surface area contributed by atoms with Gasteiger partial charge in [0, 0.05) is 18.1 Å². The molecule has 7 heteroatoms. The SMILES string of the molecule is COc1ccc(/C=N/NC(=O)CCCOc2ccc(C(C)(C)C)cc2Br)c(OC)c1. The van der Waals surface area contributed by atoms with Crippen LogP contribution < -0.4 is 19.6 Å². The highest BCUT2D eigenvalue weighted by Gasteiger charge is 2.15. The Morgan fingerprint density at radius 1 is 1.10 bits per heavy atom. The minimum absolute atomic E-state index is 0.0789. The highest BCUT2D eigenvalue weighted by molar-refractivity contribution is 9.10. The van der Waals surface area contributed by atoms with Crippen LogP contribution in [0.25, 0.3) is 0 Å². The van der Waals surface area contributed by atoms with E-state index in [1.54, 1.807) is 32.6 Å². The van der Waals surface area contributed by atoms with Gasteiger partial charge in [0.05, 0.1) is 31.5 Å². The first-order valence-corrected chi connectivity index (χ1v) is 10.5. The first-order valence-electron chi connectivity index (χ1n) is 9.71. The molecular formula is C23H29BrN2O4. The largest absolute Gasteiger partial charge is 0.497 e. The van der Waals surface area contributed by atoms with Gasteiger partial charge in [-0.2, -0.15) is 5.10 Å². The molecular weight excluding hydrogens is 448 g/mol. The number of nitrogens with one attached hydrogen (secondary N) is 1. The lowest BCUT2D eigenvalue weighted by molar-refractivity contribution is -0.121. The van der Waals surface area contributed by atoms with Crippen LogP contribution in [-0.2, 0) is 10.2 Å². The Morgan fingerprint density at radius 2 is 1.87 bits per heavy atom. The minimum atomic E-state index is -0.176. The number of methoxy groups -OCH3 is 2. The highest BCUT2D eigenvalue weighted by Crippen LogP contribution is 2.31. The van der Waals surface area contributed by atoms with Gasteiger partial charge >= 0.3 is 0 Å². The van der Waals surface area contributed by atoms with Crippen LogP contribution in [0, 0.1) is 0 Å². The van der Waals surface area contributed by atoms with E-state index in [-0.39, 0.29) is 11.3 Å². The molecule has 0 fully saturated rings. The van der Waals surface area contributed by atoms with Gasteiger partial charge in [-0.1, -0.05) is 26.8 Å². The second-order valence-corrected chi connectivity index (χ2v) is 8.60. The Labute approximate surface area is 186 Å². The zero-order valence-corrected chi connectivity index (χ0v) is 19.7. The Morgan fingerprint density at radius 3 is 2.50 bits per heavy atom. The number of carbonyl (C=O) groups excluding carboxylic acids is 1. The summed E-state index contributed by atoms with van der Waals surface area (Å²) >= 11 is 3.56. The third-order valence-corrected chi connectivity index (χ3v) is 5.06. The number of nitrogens with zero attached hydrogens (tertiary/aromatic N) is 1. The van der Waals surface area contributed by atoms with E-state index < -0.39 is 0 Å². The molecule has 0 aliphatic rings. The standard InChI is InChI=1S/C23H29BrN2O4/c1-23(2,3)17-9-11-20(19(24)13-17)30-12-6-7-22(27)26-25-15-16-8-10-18(28-4)14-21(16)29-5/h8-11,13-15H,6-7,12H2,1-5H3,(H,26,27)/b25-15+. The van der Waals surface area contributed by atoms with Crippen molar-refractivity contribution >= 4 is 28.1 Å². The fraction of sp³-hybridized carbons (Fsp3) is 0.391. The van der Waals surface area contributed by atoms with Gasteiger partial charge in [-0.05, 0) is 57.6 Å². The molecule has 0 aliphatic heterocycles. The molecule has 2 aromatic rings. The average Bonchev–Trinajstić information content (AvgIpc) is 2.71. The number of benzene rings is 2. The summed E-state index contributed by atoms with van der Waals surface area (Å²) in [7, 11) is 3.16.